The Kier molecular flexibility index (Phi) is 4.60. The number of amides is 1. The van der Waals surface area contributed by atoms with Crippen molar-refractivity contribution in [3.63, 3.8) is 0 Å². The fourth-order valence-electron chi connectivity index (χ4n) is 4.22. The second-order valence-corrected chi connectivity index (χ2v) is 6.94. The van der Waals surface area contributed by atoms with Gasteiger partial charge in [-0.2, -0.15) is 0 Å². The molecule has 1 amide bonds. The van der Waals surface area contributed by atoms with Crippen LogP contribution in [0.25, 0.3) is 0 Å². The van der Waals surface area contributed by atoms with E-state index in [-0.39, 0.29) is 11.9 Å². The van der Waals surface area contributed by atoms with E-state index in [1.165, 1.54) is 31.3 Å². The maximum Gasteiger partial charge on any atom is 0.249 e. The summed E-state index contributed by atoms with van der Waals surface area (Å²) < 4.78 is 0. The number of hydrogen-bond donors (Lipinski definition) is 0. The van der Waals surface area contributed by atoms with Crippen LogP contribution >= 0.6 is 0 Å². The summed E-state index contributed by atoms with van der Waals surface area (Å²) in [6.07, 6.45) is 9.87. The van der Waals surface area contributed by atoms with E-state index in [0.717, 1.165) is 36.5 Å². The third-order valence-corrected chi connectivity index (χ3v) is 5.65. The number of nitrogens with zero attached hydrogens (tertiary/aromatic N) is 3. The van der Waals surface area contributed by atoms with Crippen LogP contribution in [0.3, 0.4) is 0 Å². The summed E-state index contributed by atoms with van der Waals surface area (Å²) in [6.45, 7) is 6.42. The lowest BCUT2D eigenvalue weighted by molar-refractivity contribution is -0.134. The summed E-state index contributed by atoms with van der Waals surface area (Å²) in [7, 11) is 1.91. The highest BCUT2D eigenvalue weighted by molar-refractivity contribution is 6.08. The monoisotopic (exact) mass is 315 g/mol. The van der Waals surface area contributed by atoms with E-state index in [1.807, 2.05) is 11.9 Å². The predicted octanol–water partition coefficient (Wildman–Crippen LogP) is 3.85. The van der Waals surface area contributed by atoms with Gasteiger partial charge in [-0.3, -0.25) is 4.79 Å². The third-order valence-electron chi connectivity index (χ3n) is 5.65. The first kappa shape index (κ1) is 16.3. The zero-order valence-corrected chi connectivity index (χ0v) is 14.9. The molecule has 0 aromatic carbocycles. The maximum atomic E-state index is 12.9. The Morgan fingerprint density at radius 1 is 1.26 bits per heavy atom. The second-order valence-electron chi connectivity index (χ2n) is 6.94. The van der Waals surface area contributed by atoms with Crippen LogP contribution in [0, 0.1) is 0 Å². The van der Waals surface area contributed by atoms with E-state index in [1.54, 1.807) is 0 Å². The standard InChI is InChI=1S/C19H29N3O/c1-5-14-11-12-17-18(20-13(14)3)22(15-9-7-8-10-15)16(6-2)19(23)21(17)4/h12,15-16H,5-11H2,1-4H3/t16-/m1/s1. The van der Waals surface area contributed by atoms with Gasteiger partial charge in [0.05, 0.1) is 5.70 Å². The van der Waals surface area contributed by atoms with Crippen LogP contribution in [0.4, 0.5) is 0 Å². The van der Waals surface area contributed by atoms with Gasteiger partial charge < -0.3 is 9.80 Å². The predicted molar refractivity (Wildman–Crippen MR) is 94.1 cm³/mol. The molecule has 0 aromatic heterocycles. The SMILES string of the molecule is CCC1=C(C)N=C2C(=CC1)N(C)C(=O)[C@@H](CC)N2C1CCCC1. The number of carbonyl (C=O) groups excluding carboxylic acids is 1. The normalized spacial score (nSPS) is 26.3. The van der Waals surface area contributed by atoms with E-state index in [0.29, 0.717) is 6.04 Å². The van der Waals surface area contributed by atoms with Crippen LogP contribution in [0.15, 0.2) is 28.0 Å². The number of allylic oxidation sites excluding steroid dienone is 3. The fourth-order valence-corrected chi connectivity index (χ4v) is 4.22. The first-order chi connectivity index (χ1) is 11.1. The van der Waals surface area contributed by atoms with Crippen molar-refractivity contribution in [1.82, 2.24) is 9.80 Å². The molecule has 3 aliphatic rings. The average Bonchev–Trinajstić information content (AvgIpc) is 3.01. The molecule has 0 N–H and O–H groups in total. The number of likely N-dealkylation sites (N-methyl/N-ethyl adjacent to an activating group) is 1. The van der Waals surface area contributed by atoms with Gasteiger partial charge in [-0.15, -0.1) is 0 Å². The van der Waals surface area contributed by atoms with Gasteiger partial charge in [0, 0.05) is 18.8 Å². The van der Waals surface area contributed by atoms with Gasteiger partial charge in [-0.1, -0.05) is 32.8 Å². The van der Waals surface area contributed by atoms with Gasteiger partial charge in [0.1, 0.15) is 6.04 Å². The van der Waals surface area contributed by atoms with Gasteiger partial charge >= 0.3 is 0 Å². The van der Waals surface area contributed by atoms with Crippen LogP contribution in [0.5, 0.6) is 0 Å². The summed E-state index contributed by atoms with van der Waals surface area (Å²) in [6, 6.07) is 0.408. The Hall–Kier alpha value is -1.58. The molecule has 2 heterocycles. The minimum Gasteiger partial charge on any atom is -0.340 e. The number of amidine groups is 1. The molecule has 4 nitrogen and oxygen atoms in total. The highest BCUT2D eigenvalue weighted by atomic mass is 16.2. The minimum atomic E-state index is -0.0602. The summed E-state index contributed by atoms with van der Waals surface area (Å²) in [4.78, 5) is 22.1. The molecular weight excluding hydrogens is 286 g/mol. The zero-order chi connectivity index (χ0) is 16.6. The first-order valence-electron chi connectivity index (χ1n) is 9.12. The molecule has 2 fully saturated rings. The van der Waals surface area contributed by atoms with E-state index in [9.17, 15) is 4.79 Å². The molecule has 0 bridgehead atoms. The lowest BCUT2D eigenvalue weighted by Crippen LogP contribution is -2.60. The van der Waals surface area contributed by atoms with Crippen LogP contribution < -0.4 is 0 Å². The van der Waals surface area contributed by atoms with Gasteiger partial charge in [0.15, 0.2) is 5.84 Å². The maximum absolute atomic E-state index is 12.9. The van der Waals surface area contributed by atoms with Crippen LogP contribution in [0.2, 0.25) is 0 Å². The molecule has 2 aliphatic heterocycles. The Balaban J connectivity index is 2.09. The highest BCUT2D eigenvalue weighted by Gasteiger charge is 2.43. The number of rotatable bonds is 3. The third kappa shape index (κ3) is 2.73. The van der Waals surface area contributed by atoms with Crippen molar-refractivity contribution >= 4 is 11.7 Å². The number of hydrogen-bond acceptors (Lipinski definition) is 3. The molecule has 0 radical (unpaired) electrons. The fraction of sp³-hybridized carbons (Fsp3) is 0.684. The van der Waals surface area contributed by atoms with Crippen molar-refractivity contribution < 1.29 is 4.79 Å². The molecule has 23 heavy (non-hydrogen) atoms. The topological polar surface area (TPSA) is 35.9 Å². The smallest absolute Gasteiger partial charge is 0.249 e. The lowest BCUT2D eigenvalue weighted by Gasteiger charge is -2.45. The van der Waals surface area contributed by atoms with Crippen LogP contribution in [0.1, 0.15) is 65.7 Å². The molecular formula is C19H29N3O. The van der Waals surface area contributed by atoms with Crippen molar-refractivity contribution in [2.45, 2.75) is 77.8 Å². The molecule has 0 spiro atoms. The van der Waals surface area contributed by atoms with Crippen LogP contribution in [-0.2, 0) is 4.79 Å². The van der Waals surface area contributed by atoms with E-state index >= 15 is 0 Å². The average molecular weight is 315 g/mol. The molecule has 1 saturated heterocycles. The largest absolute Gasteiger partial charge is 0.340 e. The lowest BCUT2D eigenvalue weighted by atomic mass is 10.0. The summed E-state index contributed by atoms with van der Waals surface area (Å²) in [5, 5.41) is 0. The highest BCUT2D eigenvalue weighted by Crippen LogP contribution is 2.34. The van der Waals surface area contributed by atoms with Crippen LogP contribution in [-0.4, -0.2) is 40.7 Å². The van der Waals surface area contributed by atoms with Gasteiger partial charge in [-0.25, -0.2) is 4.99 Å². The van der Waals surface area contributed by atoms with Gasteiger partial charge in [0.25, 0.3) is 0 Å². The molecule has 4 heteroatoms. The van der Waals surface area contributed by atoms with Crippen molar-refractivity contribution in [1.29, 1.82) is 0 Å². The molecule has 1 saturated carbocycles. The van der Waals surface area contributed by atoms with E-state index in [2.05, 4.69) is 31.7 Å². The Morgan fingerprint density at radius 2 is 1.96 bits per heavy atom. The summed E-state index contributed by atoms with van der Waals surface area (Å²) in [5.41, 5.74) is 3.52. The molecule has 0 unspecified atom stereocenters. The van der Waals surface area contributed by atoms with Crippen molar-refractivity contribution in [3.05, 3.63) is 23.0 Å². The summed E-state index contributed by atoms with van der Waals surface area (Å²) in [5.74, 6) is 1.26. The van der Waals surface area contributed by atoms with Gasteiger partial charge in [0.2, 0.25) is 5.91 Å². The molecule has 0 aromatic rings. The van der Waals surface area contributed by atoms with Gasteiger partial charge in [-0.05, 0) is 44.6 Å². The first-order valence-corrected chi connectivity index (χ1v) is 9.12. The van der Waals surface area contributed by atoms with Crippen molar-refractivity contribution in [2.75, 3.05) is 7.05 Å². The quantitative estimate of drug-likeness (QED) is 0.793. The van der Waals surface area contributed by atoms with Crippen molar-refractivity contribution in [2.24, 2.45) is 4.99 Å². The Labute approximate surface area is 139 Å². The second kappa shape index (κ2) is 6.50. The molecule has 126 valence electrons. The minimum absolute atomic E-state index is 0.0602. The number of aliphatic imine (C=N–C) groups is 1. The Bertz CT molecular complexity index is 581. The van der Waals surface area contributed by atoms with Crippen molar-refractivity contribution in [3.8, 4) is 0 Å². The Morgan fingerprint density at radius 3 is 2.57 bits per heavy atom. The number of fused-ring (bicyclic) bond motifs is 1. The number of piperazine rings is 1. The molecule has 3 rings (SSSR count). The zero-order valence-electron chi connectivity index (χ0n) is 14.9. The molecule has 1 atom stereocenters. The number of carbonyl (C=O) groups is 1. The van der Waals surface area contributed by atoms with E-state index in [4.69, 9.17) is 4.99 Å². The molecule has 1 aliphatic carbocycles. The summed E-state index contributed by atoms with van der Waals surface area (Å²) >= 11 is 0. The van der Waals surface area contributed by atoms with E-state index < -0.39 is 0 Å².